The molecule has 1 N–H and O–H groups in total. The molecule has 1 unspecified atom stereocenters. The number of esters is 1. The molecule has 3 aromatic carbocycles. The number of hydrogen-bond donors (Lipinski definition) is 1. The van der Waals surface area contributed by atoms with Crippen molar-refractivity contribution in [3.63, 3.8) is 0 Å². The molecule has 40 heavy (non-hydrogen) atoms. The van der Waals surface area contributed by atoms with Crippen LogP contribution in [0.25, 0.3) is 5.69 Å². The molecule has 0 bridgehead atoms. The van der Waals surface area contributed by atoms with Crippen molar-refractivity contribution >= 4 is 33.3 Å². The van der Waals surface area contributed by atoms with E-state index in [0.717, 1.165) is 9.87 Å². The SMILES string of the molecule is Cc1ccc(N(C)S(=O)(=O)c2cccc(C(=O)OC(C)C(=O)Nc3c(C)n(C)n(-c4ccccc4)c3=O)c2)cc1. The molecule has 0 saturated heterocycles. The van der Waals surface area contributed by atoms with Crippen LogP contribution in [0.1, 0.15) is 28.5 Å². The Bertz CT molecular complexity index is 1720. The summed E-state index contributed by atoms with van der Waals surface area (Å²) >= 11 is 0. The fourth-order valence-corrected chi connectivity index (χ4v) is 5.30. The van der Waals surface area contributed by atoms with Gasteiger partial charge in [-0.1, -0.05) is 42.0 Å². The van der Waals surface area contributed by atoms with Crippen LogP contribution in [0.4, 0.5) is 11.4 Å². The number of nitrogens with zero attached hydrogens (tertiary/aromatic N) is 3. The van der Waals surface area contributed by atoms with Gasteiger partial charge in [0.15, 0.2) is 6.10 Å². The second-order valence-electron chi connectivity index (χ2n) is 9.31. The average Bonchev–Trinajstić information content (AvgIpc) is 3.16. The lowest BCUT2D eigenvalue weighted by molar-refractivity contribution is -0.123. The predicted octanol–water partition coefficient (Wildman–Crippen LogP) is 3.80. The Kier molecular flexibility index (Phi) is 7.96. The molecule has 10 nitrogen and oxygen atoms in total. The molecule has 0 saturated carbocycles. The van der Waals surface area contributed by atoms with Crippen molar-refractivity contribution in [2.24, 2.45) is 7.05 Å². The first-order valence-electron chi connectivity index (χ1n) is 12.4. The van der Waals surface area contributed by atoms with E-state index in [2.05, 4.69) is 5.32 Å². The fraction of sp³-hybridized carbons (Fsp3) is 0.207. The predicted molar refractivity (Wildman–Crippen MR) is 152 cm³/mol. The normalized spacial score (nSPS) is 12.0. The van der Waals surface area contributed by atoms with Crippen molar-refractivity contribution in [2.45, 2.75) is 31.8 Å². The van der Waals surface area contributed by atoms with Crippen LogP contribution in [0.15, 0.2) is 88.6 Å². The number of benzene rings is 3. The van der Waals surface area contributed by atoms with Crippen LogP contribution in [0, 0.1) is 13.8 Å². The Balaban J connectivity index is 1.49. The number of hydrogen-bond acceptors (Lipinski definition) is 6. The zero-order chi connectivity index (χ0) is 29.2. The van der Waals surface area contributed by atoms with Crippen molar-refractivity contribution in [1.29, 1.82) is 0 Å². The van der Waals surface area contributed by atoms with Crippen molar-refractivity contribution in [3.05, 3.63) is 106 Å². The van der Waals surface area contributed by atoms with Gasteiger partial charge in [0.1, 0.15) is 5.69 Å². The van der Waals surface area contributed by atoms with Gasteiger partial charge in [-0.3, -0.25) is 18.6 Å². The second-order valence-corrected chi connectivity index (χ2v) is 11.3. The van der Waals surface area contributed by atoms with Gasteiger partial charge in [0.05, 0.1) is 27.5 Å². The molecule has 208 valence electrons. The molecule has 0 aliphatic heterocycles. The number of aryl methyl sites for hydroxylation is 1. The minimum atomic E-state index is -3.97. The van der Waals surface area contributed by atoms with Gasteiger partial charge in [0.25, 0.3) is 21.5 Å². The summed E-state index contributed by atoms with van der Waals surface area (Å²) in [5, 5.41) is 2.57. The number of sulfonamides is 1. The molecular weight excluding hydrogens is 532 g/mol. The summed E-state index contributed by atoms with van der Waals surface area (Å²) in [6.45, 7) is 4.95. The van der Waals surface area contributed by atoms with Crippen molar-refractivity contribution < 1.29 is 22.7 Å². The first-order chi connectivity index (χ1) is 18.9. The van der Waals surface area contributed by atoms with E-state index in [-0.39, 0.29) is 16.1 Å². The Morgan fingerprint density at radius 2 is 1.60 bits per heavy atom. The molecule has 0 spiro atoms. The number of anilines is 2. The van der Waals surface area contributed by atoms with Crippen LogP contribution in [-0.2, 0) is 26.6 Å². The first-order valence-corrected chi connectivity index (χ1v) is 13.9. The number of rotatable bonds is 8. The van der Waals surface area contributed by atoms with E-state index in [0.29, 0.717) is 17.1 Å². The standard InChI is InChI=1S/C29H30N4O6S/c1-19-14-16-23(17-15-19)32(5)40(37,38)25-13-9-10-22(18-25)29(36)39-21(3)27(34)30-26-20(2)31(4)33(28(26)35)24-11-7-6-8-12-24/h6-18,21H,1-5H3,(H,30,34). The Hall–Kier alpha value is -4.64. The Morgan fingerprint density at radius 1 is 0.950 bits per heavy atom. The van der Waals surface area contributed by atoms with Gasteiger partial charge in [0, 0.05) is 14.1 Å². The van der Waals surface area contributed by atoms with Crippen LogP contribution in [0.5, 0.6) is 0 Å². The molecule has 0 fully saturated rings. The monoisotopic (exact) mass is 562 g/mol. The minimum Gasteiger partial charge on any atom is -0.449 e. The van der Waals surface area contributed by atoms with Gasteiger partial charge in [-0.15, -0.1) is 0 Å². The number of amides is 1. The van der Waals surface area contributed by atoms with Gasteiger partial charge < -0.3 is 10.1 Å². The molecule has 0 aliphatic carbocycles. The van der Waals surface area contributed by atoms with Crippen LogP contribution in [0.3, 0.4) is 0 Å². The average molecular weight is 563 g/mol. The Morgan fingerprint density at radius 3 is 2.25 bits per heavy atom. The van der Waals surface area contributed by atoms with Crippen LogP contribution < -0.4 is 15.2 Å². The third kappa shape index (κ3) is 5.55. The van der Waals surface area contributed by atoms with Gasteiger partial charge >= 0.3 is 5.97 Å². The molecule has 0 radical (unpaired) electrons. The molecule has 1 amide bonds. The highest BCUT2D eigenvalue weighted by molar-refractivity contribution is 7.92. The minimum absolute atomic E-state index is 0.0413. The maximum absolute atomic E-state index is 13.2. The highest BCUT2D eigenvalue weighted by Crippen LogP contribution is 2.23. The summed E-state index contributed by atoms with van der Waals surface area (Å²) in [6.07, 6.45) is -1.27. The number of ether oxygens (including phenoxy) is 1. The fourth-order valence-electron chi connectivity index (χ4n) is 4.05. The third-order valence-electron chi connectivity index (χ3n) is 6.58. The maximum Gasteiger partial charge on any atom is 0.338 e. The summed E-state index contributed by atoms with van der Waals surface area (Å²) in [5.74, 6) is -1.59. The lowest BCUT2D eigenvalue weighted by atomic mass is 10.2. The highest BCUT2D eigenvalue weighted by Gasteiger charge is 2.26. The van der Waals surface area contributed by atoms with E-state index in [1.54, 1.807) is 67.2 Å². The first kappa shape index (κ1) is 28.4. The van der Waals surface area contributed by atoms with Gasteiger partial charge in [-0.2, -0.15) is 0 Å². The number of carbonyl (C=O) groups is 2. The number of carbonyl (C=O) groups excluding carboxylic acids is 2. The molecule has 4 aromatic rings. The molecule has 4 rings (SSSR count). The van der Waals surface area contributed by atoms with Crippen LogP contribution in [-0.4, -0.2) is 42.8 Å². The van der Waals surface area contributed by atoms with Gasteiger partial charge in [-0.25, -0.2) is 17.9 Å². The largest absolute Gasteiger partial charge is 0.449 e. The third-order valence-corrected chi connectivity index (χ3v) is 8.36. The Labute approximate surface area is 232 Å². The summed E-state index contributed by atoms with van der Waals surface area (Å²) in [7, 11) is -0.854. The zero-order valence-corrected chi connectivity index (χ0v) is 23.6. The van der Waals surface area contributed by atoms with E-state index in [1.165, 1.54) is 42.9 Å². The lowest BCUT2D eigenvalue weighted by Crippen LogP contribution is -2.32. The van der Waals surface area contributed by atoms with E-state index in [4.69, 9.17) is 4.74 Å². The zero-order valence-electron chi connectivity index (χ0n) is 22.8. The molecule has 11 heteroatoms. The van der Waals surface area contributed by atoms with Crippen LogP contribution >= 0.6 is 0 Å². The van der Waals surface area contributed by atoms with E-state index in [9.17, 15) is 22.8 Å². The van der Waals surface area contributed by atoms with Crippen molar-refractivity contribution in [2.75, 3.05) is 16.7 Å². The van der Waals surface area contributed by atoms with E-state index in [1.807, 2.05) is 13.0 Å². The van der Waals surface area contributed by atoms with Crippen LogP contribution in [0.2, 0.25) is 0 Å². The van der Waals surface area contributed by atoms with Gasteiger partial charge in [0.2, 0.25) is 0 Å². The summed E-state index contributed by atoms with van der Waals surface area (Å²) in [5.41, 5.74) is 2.17. The van der Waals surface area contributed by atoms with E-state index >= 15 is 0 Å². The second kappa shape index (κ2) is 11.2. The molecule has 1 heterocycles. The lowest BCUT2D eigenvalue weighted by Gasteiger charge is -2.20. The molecular formula is C29H30N4O6S. The molecule has 0 aliphatic rings. The summed E-state index contributed by atoms with van der Waals surface area (Å²) < 4.78 is 35.9. The van der Waals surface area contributed by atoms with E-state index < -0.39 is 33.6 Å². The number of nitrogens with one attached hydrogen (secondary N) is 1. The molecule has 1 atom stereocenters. The number of para-hydroxylation sites is 1. The topological polar surface area (TPSA) is 120 Å². The van der Waals surface area contributed by atoms with Gasteiger partial charge in [-0.05, 0) is 63.2 Å². The van der Waals surface area contributed by atoms with Crippen molar-refractivity contribution in [3.8, 4) is 5.69 Å². The van der Waals surface area contributed by atoms with Crippen molar-refractivity contribution in [1.82, 2.24) is 9.36 Å². The highest BCUT2D eigenvalue weighted by atomic mass is 32.2. The quantitative estimate of drug-likeness (QED) is 0.326. The summed E-state index contributed by atoms with van der Waals surface area (Å²) in [4.78, 5) is 38.7. The maximum atomic E-state index is 13.2. The smallest absolute Gasteiger partial charge is 0.338 e. The number of aromatic nitrogens is 2. The summed E-state index contributed by atoms with van der Waals surface area (Å²) in [6, 6.07) is 21.3. The molecule has 1 aromatic heterocycles.